The standard InChI is InChI=1S/C13H26N2O4S/c1-5-13(6-2,11(16)17)9-14-12(18)15-10(3)7-8-20(4)19/h10H,5-9H2,1-4H3,(H,16,17)(H2,14,15,18). The Bertz CT molecular complexity index is 356. The molecule has 0 saturated heterocycles. The molecule has 0 heterocycles. The van der Waals surface area contributed by atoms with E-state index in [4.69, 9.17) is 0 Å². The second kappa shape index (κ2) is 8.94. The fourth-order valence-corrected chi connectivity index (χ4v) is 2.50. The topological polar surface area (TPSA) is 95.5 Å². The largest absolute Gasteiger partial charge is 0.481 e. The maximum atomic E-state index is 11.7. The summed E-state index contributed by atoms with van der Waals surface area (Å²) in [6.07, 6.45) is 3.17. The summed E-state index contributed by atoms with van der Waals surface area (Å²) in [5.41, 5.74) is -0.911. The molecule has 0 rings (SSSR count). The van der Waals surface area contributed by atoms with Crippen molar-refractivity contribution in [2.45, 2.75) is 46.1 Å². The molecule has 118 valence electrons. The van der Waals surface area contributed by atoms with Gasteiger partial charge in [0, 0.05) is 35.4 Å². The van der Waals surface area contributed by atoms with Gasteiger partial charge in [-0.2, -0.15) is 0 Å². The van der Waals surface area contributed by atoms with E-state index in [2.05, 4.69) is 10.6 Å². The zero-order chi connectivity index (χ0) is 15.8. The van der Waals surface area contributed by atoms with Crippen LogP contribution in [0.2, 0.25) is 0 Å². The summed E-state index contributed by atoms with van der Waals surface area (Å²) in [5.74, 6) is -0.359. The molecule has 0 fully saturated rings. The van der Waals surface area contributed by atoms with E-state index >= 15 is 0 Å². The lowest BCUT2D eigenvalue weighted by Gasteiger charge is -2.27. The Hall–Kier alpha value is -1.11. The van der Waals surface area contributed by atoms with E-state index in [1.165, 1.54) is 0 Å². The van der Waals surface area contributed by atoms with Gasteiger partial charge in [0.25, 0.3) is 0 Å². The SMILES string of the molecule is CCC(CC)(CNC(=O)NC(C)CCS(C)=O)C(=O)O. The first kappa shape index (κ1) is 18.9. The highest BCUT2D eigenvalue weighted by molar-refractivity contribution is 7.84. The van der Waals surface area contributed by atoms with Gasteiger partial charge >= 0.3 is 12.0 Å². The fraction of sp³-hybridized carbons (Fsp3) is 0.846. The molecule has 3 N–H and O–H groups in total. The van der Waals surface area contributed by atoms with Crippen molar-refractivity contribution < 1.29 is 18.9 Å². The van der Waals surface area contributed by atoms with Crippen molar-refractivity contribution in [1.29, 1.82) is 0 Å². The van der Waals surface area contributed by atoms with E-state index in [-0.39, 0.29) is 18.6 Å². The number of carbonyl (C=O) groups is 2. The third kappa shape index (κ3) is 6.36. The van der Waals surface area contributed by atoms with E-state index in [1.54, 1.807) is 20.1 Å². The Labute approximate surface area is 123 Å². The van der Waals surface area contributed by atoms with E-state index in [1.807, 2.05) is 6.92 Å². The van der Waals surface area contributed by atoms with Crippen molar-refractivity contribution in [2.24, 2.45) is 5.41 Å². The molecular weight excluding hydrogens is 280 g/mol. The van der Waals surface area contributed by atoms with Gasteiger partial charge in [-0.15, -0.1) is 0 Å². The number of rotatable bonds is 9. The second-order valence-corrected chi connectivity index (χ2v) is 6.64. The van der Waals surface area contributed by atoms with Crippen LogP contribution >= 0.6 is 0 Å². The molecule has 0 spiro atoms. The Morgan fingerprint density at radius 1 is 1.30 bits per heavy atom. The number of carboxylic acid groups (broad SMARTS) is 1. The van der Waals surface area contributed by atoms with Gasteiger partial charge in [0.15, 0.2) is 0 Å². The number of aliphatic carboxylic acids is 1. The number of hydrogen-bond acceptors (Lipinski definition) is 3. The minimum Gasteiger partial charge on any atom is -0.481 e. The maximum Gasteiger partial charge on any atom is 0.315 e. The Kier molecular flexibility index (Phi) is 8.45. The van der Waals surface area contributed by atoms with Crippen LogP contribution in [-0.4, -0.2) is 45.9 Å². The third-order valence-electron chi connectivity index (χ3n) is 3.61. The Morgan fingerprint density at radius 2 is 1.85 bits per heavy atom. The lowest BCUT2D eigenvalue weighted by Crippen LogP contribution is -2.47. The van der Waals surface area contributed by atoms with E-state index in [9.17, 15) is 18.9 Å². The van der Waals surface area contributed by atoms with Gasteiger partial charge in [0.2, 0.25) is 0 Å². The predicted molar refractivity (Wildman–Crippen MR) is 80.2 cm³/mol. The van der Waals surface area contributed by atoms with Gasteiger partial charge in [-0.05, 0) is 26.2 Å². The van der Waals surface area contributed by atoms with Crippen LogP contribution in [0.1, 0.15) is 40.0 Å². The number of urea groups is 1. The molecule has 0 bridgehead atoms. The summed E-state index contributed by atoms with van der Waals surface area (Å²) >= 11 is 0. The molecule has 7 heteroatoms. The monoisotopic (exact) mass is 306 g/mol. The lowest BCUT2D eigenvalue weighted by molar-refractivity contribution is -0.149. The van der Waals surface area contributed by atoms with E-state index in [0.717, 1.165) is 0 Å². The molecule has 20 heavy (non-hydrogen) atoms. The first-order chi connectivity index (χ1) is 9.27. The van der Waals surface area contributed by atoms with Gasteiger partial charge in [-0.3, -0.25) is 9.00 Å². The highest BCUT2D eigenvalue weighted by Gasteiger charge is 2.35. The van der Waals surface area contributed by atoms with Crippen LogP contribution in [0.15, 0.2) is 0 Å². The number of hydrogen-bond donors (Lipinski definition) is 3. The molecule has 2 amide bonds. The van der Waals surface area contributed by atoms with Crippen LogP contribution in [0, 0.1) is 5.41 Å². The third-order valence-corrected chi connectivity index (χ3v) is 4.42. The Morgan fingerprint density at radius 3 is 2.25 bits per heavy atom. The molecule has 0 radical (unpaired) electrons. The van der Waals surface area contributed by atoms with Crippen molar-refractivity contribution in [2.75, 3.05) is 18.6 Å². The number of carboxylic acids is 1. The molecule has 2 unspecified atom stereocenters. The van der Waals surface area contributed by atoms with Crippen molar-refractivity contribution in [3.63, 3.8) is 0 Å². The first-order valence-electron chi connectivity index (χ1n) is 6.85. The molecule has 0 aromatic rings. The summed E-state index contributed by atoms with van der Waals surface area (Å²) in [7, 11) is -0.877. The quantitative estimate of drug-likeness (QED) is 0.599. The zero-order valence-corrected chi connectivity index (χ0v) is 13.5. The van der Waals surface area contributed by atoms with Crippen LogP contribution in [0.4, 0.5) is 4.79 Å². The summed E-state index contributed by atoms with van der Waals surface area (Å²) in [5, 5.41) is 14.6. The number of amides is 2. The summed E-state index contributed by atoms with van der Waals surface area (Å²) in [6.45, 7) is 5.54. The normalized spacial score (nSPS) is 14.4. The summed E-state index contributed by atoms with van der Waals surface area (Å²) < 4.78 is 11.0. The average molecular weight is 306 g/mol. The van der Waals surface area contributed by atoms with Crippen LogP contribution in [-0.2, 0) is 15.6 Å². The molecule has 0 aliphatic heterocycles. The molecule has 2 atom stereocenters. The smallest absolute Gasteiger partial charge is 0.315 e. The zero-order valence-electron chi connectivity index (χ0n) is 12.7. The van der Waals surface area contributed by atoms with E-state index in [0.29, 0.717) is 25.0 Å². The van der Waals surface area contributed by atoms with Gasteiger partial charge in [-0.1, -0.05) is 13.8 Å². The van der Waals surface area contributed by atoms with Crippen molar-refractivity contribution in [3.8, 4) is 0 Å². The first-order valence-corrected chi connectivity index (χ1v) is 8.58. The summed E-state index contributed by atoms with van der Waals surface area (Å²) in [4.78, 5) is 23.0. The molecule has 0 aromatic heterocycles. The van der Waals surface area contributed by atoms with Gasteiger partial charge in [0.1, 0.15) is 0 Å². The molecule has 0 aliphatic carbocycles. The van der Waals surface area contributed by atoms with Crippen molar-refractivity contribution >= 4 is 22.8 Å². The molecular formula is C13H26N2O4S. The lowest BCUT2D eigenvalue weighted by atomic mass is 9.82. The minimum absolute atomic E-state index is 0.0959. The predicted octanol–water partition coefficient (Wildman–Crippen LogP) is 1.33. The van der Waals surface area contributed by atoms with Gasteiger partial charge in [0.05, 0.1) is 5.41 Å². The second-order valence-electron chi connectivity index (χ2n) is 5.09. The maximum absolute atomic E-state index is 11.7. The van der Waals surface area contributed by atoms with Crippen LogP contribution < -0.4 is 10.6 Å². The van der Waals surface area contributed by atoms with Gasteiger partial charge in [-0.25, -0.2) is 4.79 Å². The fourth-order valence-electron chi connectivity index (χ4n) is 1.82. The molecule has 6 nitrogen and oxygen atoms in total. The highest BCUT2D eigenvalue weighted by atomic mass is 32.2. The van der Waals surface area contributed by atoms with Crippen molar-refractivity contribution in [3.05, 3.63) is 0 Å². The number of nitrogens with one attached hydrogen (secondary N) is 2. The van der Waals surface area contributed by atoms with E-state index < -0.39 is 22.2 Å². The van der Waals surface area contributed by atoms with Crippen LogP contribution in [0.3, 0.4) is 0 Å². The number of carbonyl (C=O) groups excluding carboxylic acids is 1. The van der Waals surface area contributed by atoms with Crippen LogP contribution in [0.25, 0.3) is 0 Å². The van der Waals surface area contributed by atoms with Crippen molar-refractivity contribution in [1.82, 2.24) is 10.6 Å². The molecule has 0 saturated carbocycles. The van der Waals surface area contributed by atoms with Gasteiger partial charge < -0.3 is 15.7 Å². The average Bonchev–Trinajstić information content (AvgIpc) is 2.37. The molecule has 0 aromatic carbocycles. The summed E-state index contributed by atoms with van der Waals surface area (Å²) in [6, 6.07) is -0.478. The molecule has 0 aliphatic rings. The Balaban J connectivity index is 4.27. The van der Waals surface area contributed by atoms with Crippen LogP contribution in [0.5, 0.6) is 0 Å². The minimum atomic E-state index is -0.911. The highest BCUT2D eigenvalue weighted by Crippen LogP contribution is 2.25.